The molecule has 0 atom stereocenters. The van der Waals surface area contributed by atoms with Gasteiger partial charge in [0.15, 0.2) is 6.29 Å². The molecule has 0 amide bonds. The average molecular weight is 241 g/mol. The van der Waals surface area contributed by atoms with E-state index in [1.54, 1.807) is 0 Å². The zero-order valence-corrected chi connectivity index (χ0v) is 8.81. The Morgan fingerprint density at radius 3 is 2.71 bits per heavy atom. The zero-order valence-electron chi connectivity index (χ0n) is 8.81. The number of nitro benzene ring substituents is 1. The van der Waals surface area contributed by atoms with Gasteiger partial charge in [0.25, 0.3) is 5.69 Å². The second-order valence-corrected chi connectivity index (χ2v) is 3.12. The first-order valence-corrected chi connectivity index (χ1v) is 4.48. The van der Waals surface area contributed by atoms with E-state index >= 15 is 0 Å². The third-order valence-electron chi connectivity index (χ3n) is 2.10. The standard InChI is InChI=1S/C10H8FNO5/c1-17-10(14)4-8-6(5-13)2-7(11)3-9(8)12(15)16/h2-3,5H,4H2,1H3. The molecule has 7 heteroatoms. The number of nitro groups is 1. The molecule has 1 aromatic carbocycles. The summed E-state index contributed by atoms with van der Waals surface area (Å²) in [7, 11) is 1.11. The Kier molecular flexibility index (Phi) is 3.86. The molecule has 0 heterocycles. The van der Waals surface area contributed by atoms with Gasteiger partial charge in [0.2, 0.25) is 0 Å². The van der Waals surface area contributed by atoms with Crippen LogP contribution in [0, 0.1) is 15.9 Å². The minimum Gasteiger partial charge on any atom is -0.469 e. The smallest absolute Gasteiger partial charge is 0.310 e. The quantitative estimate of drug-likeness (QED) is 0.343. The molecule has 0 fully saturated rings. The van der Waals surface area contributed by atoms with Gasteiger partial charge in [-0.05, 0) is 6.07 Å². The maximum absolute atomic E-state index is 13.0. The first-order chi connectivity index (χ1) is 7.99. The van der Waals surface area contributed by atoms with Gasteiger partial charge < -0.3 is 4.74 Å². The number of esters is 1. The van der Waals surface area contributed by atoms with Gasteiger partial charge in [0.05, 0.1) is 30.1 Å². The van der Waals surface area contributed by atoms with Crippen LogP contribution in [0.25, 0.3) is 0 Å². The number of hydrogen-bond donors (Lipinski definition) is 0. The lowest BCUT2D eigenvalue weighted by molar-refractivity contribution is -0.385. The van der Waals surface area contributed by atoms with Gasteiger partial charge in [-0.15, -0.1) is 0 Å². The van der Waals surface area contributed by atoms with Crippen LogP contribution in [-0.4, -0.2) is 24.3 Å². The van der Waals surface area contributed by atoms with Gasteiger partial charge in [-0.1, -0.05) is 0 Å². The first-order valence-electron chi connectivity index (χ1n) is 4.48. The average Bonchev–Trinajstić information content (AvgIpc) is 2.30. The summed E-state index contributed by atoms with van der Waals surface area (Å²) in [5.41, 5.74) is -1.00. The number of carbonyl (C=O) groups is 2. The Bertz CT molecular complexity index is 486. The number of nitrogens with zero attached hydrogens (tertiary/aromatic N) is 1. The van der Waals surface area contributed by atoms with Gasteiger partial charge in [0, 0.05) is 5.56 Å². The van der Waals surface area contributed by atoms with Crippen molar-refractivity contribution in [1.29, 1.82) is 0 Å². The largest absolute Gasteiger partial charge is 0.469 e. The van der Waals surface area contributed by atoms with Crippen LogP contribution in [0.4, 0.5) is 10.1 Å². The van der Waals surface area contributed by atoms with E-state index in [2.05, 4.69) is 4.74 Å². The minimum atomic E-state index is -0.910. The van der Waals surface area contributed by atoms with Gasteiger partial charge in [-0.25, -0.2) is 4.39 Å². The maximum atomic E-state index is 13.0. The van der Waals surface area contributed by atoms with Crippen molar-refractivity contribution >= 4 is 17.9 Å². The molecule has 0 bridgehead atoms. The fourth-order valence-corrected chi connectivity index (χ4v) is 1.32. The second-order valence-electron chi connectivity index (χ2n) is 3.12. The molecule has 1 aromatic rings. The summed E-state index contributed by atoms with van der Waals surface area (Å²) in [6, 6.07) is 1.49. The topological polar surface area (TPSA) is 86.5 Å². The number of methoxy groups -OCH3 is 1. The summed E-state index contributed by atoms with van der Waals surface area (Å²) in [6.07, 6.45) is -0.199. The van der Waals surface area contributed by atoms with Gasteiger partial charge >= 0.3 is 5.97 Å². The van der Waals surface area contributed by atoms with Crippen molar-refractivity contribution < 1.29 is 23.6 Å². The molecule has 0 aliphatic carbocycles. The summed E-state index contributed by atoms with van der Waals surface area (Å²) < 4.78 is 17.3. The Balaban J connectivity index is 3.36. The van der Waals surface area contributed by atoms with E-state index in [0.717, 1.165) is 13.2 Å². The van der Waals surface area contributed by atoms with Crippen LogP contribution in [0.2, 0.25) is 0 Å². The Hall–Kier alpha value is -2.31. The first kappa shape index (κ1) is 12.8. The summed E-state index contributed by atoms with van der Waals surface area (Å²) in [4.78, 5) is 31.6. The van der Waals surface area contributed by atoms with E-state index in [0.29, 0.717) is 6.07 Å². The van der Waals surface area contributed by atoms with Crippen molar-refractivity contribution in [1.82, 2.24) is 0 Å². The molecule has 0 N–H and O–H groups in total. The number of aldehydes is 1. The molecule has 0 aliphatic rings. The van der Waals surface area contributed by atoms with Crippen LogP contribution in [0.1, 0.15) is 15.9 Å². The molecule has 0 unspecified atom stereocenters. The third-order valence-corrected chi connectivity index (χ3v) is 2.10. The lowest BCUT2D eigenvalue weighted by Gasteiger charge is -2.05. The number of rotatable bonds is 4. The van der Waals surface area contributed by atoms with Gasteiger partial charge in [-0.2, -0.15) is 0 Å². The van der Waals surface area contributed by atoms with Crippen molar-refractivity contribution in [3.05, 3.63) is 39.2 Å². The Morgan fingerprint density at radius 1 is 1.59 bits per heavy atom. The summed E-state index contributed by atoms with van der Waals surface area (Å²) in [5.74, 6) is -1.66. The highest BCUT2D eigenvalue weighted by molar-refractivity contribution is 5.84. The maximum Gasteiger partial charge on any atom is 0.310 e. The molecule has 0 aromatic heterocycles. The molecule has 0 saturated heterocycles. The molecular weight excluding hydrogens is 233 g/mol. The number of ether oxygens (including phenoxy) is 1. The predicted octanol–water partition coefficient (Wildman–Crippen LogP) is 1.26. The fraction of sp³-hybridized carbons (Fsp3) is 0.200. The van der Waals surface area contributed by atoms with Gasteiger partial charge in [-0.3, -0.25) is 19.7 Å². The van der Waals surface area contributed by atoms with Crippen LogP contribution < -0.4 is 0 Å². The highest BCUT2D eigenvalue weighted by Crippen LogP contribution is 2.24. The van der Waals surface area contributed by atoms with Crippen LogP contribution in [0.3, 0.4) is 0 Å². The normalized spacial score (nSPS) is 9.76. The highest BCUT2D eigenvalue weighted by atomic mass is 19.1. The third kappa shape index (κ3) is 2.83. The molecule has 0 spiro atoms. The molecule has 90 valence electrons. The molecule has 17 heavy (non-hydrogen) atoms. The van der Waals surface area contributed by atoms with Crippen LogP contribution in [-0.2, 0) is 16.0 Å². The fourth-order valence-electron chi connectivity index (χ4n) is 1.32. The van der Waals surface area contributed by atoms with E-state index in [9.17, 15) is 24.1 Å². The monoisotopic (exact) mass is 241 g/mol. The molecular formula is C10H8FNO5. The van der Waals surface area contributed by atoms with E-state index in [1.165, 1.54) is 0 Å². The van der Waals surface area contributed by atoms with E-state index < -0.39 is 28.8 Å². The van der Waals surface area contributed by atoms with E-state index in [1.807, 2.05) is 0 Å². The van der Waals surface area contributed by atoms with E-state index in [4.69, 9.17) is 0 Å². The zero-order chi connectivity index (χ0) is 13.0. The Labute approximate surface area is 95.1 Å². The lowest BCUT2D eigenvalue weighted by atomic mass is 10.0. The molecule has 6 nitrogen and oxygen atoms in total. The number of hydrogen-bond acceptors (Lipinski definition) is 5. The van der Waals surface area contributed by atoms with E-state index in [-0.39, 0.29) is 17.4 Å². The molecule has 0 aliphatic heterocycles. The van der Waals surface area contributed by atoms with Crippen LogP contribution in [0.15, 0.2) is 12.1 Å². The summed E-state index contributed by atoms with van der Waals surface area (Å²) in [6.45, 7) is 0. The Morgan fingerprint density at radius 2 is 2.24 bits per heavy atom. The van der Waals surface area contributed by atoms with Crippen LogP contribution in [0.5, 0.6) is 0 Å². The highest BCUT2D eigenvalue weighted by Gasteiger charge is 2.22. The van der Waals surface area contributed by atoms with Crippen molar-refractivity contribution in [2.45, 2.75) is 6.42 Å². The summed E-state index contributed by atoms with van der Waals surface area (Å²) >= 11 is 0. The molecule has 0 radical (unpaired) electrons. The number of halogens is 1. The predicted molar refractivity (Wildman–Crippen MR) is 54.2 cm³/mol. The lowest BCUT2D eigenvalue weighted by Crippen LogP contribution is -2.10. The van der Waals surface area contributed by atoms with Crippen molar-refractivity contribution in [2.24, 2.45) is 0 Å². The SMILES string of the molecule is COC(=O)Cc1c(C=O)cc(F)cc1[N+](=O)[O-]. The second kappa shape index (κ2) is 5.15. The van der Waals surface area contributed by atoms with Crippen molar-refractivity contribution in [3.63, 3.8) is 0 Å². The van der Waals surface area contributed by atoms with Crippen molar-refractivity contribution in [2.75, 3.05) is 7.11 Å². The van der Waals surface area contributed by atoms with Crippen LogP contribution >= 0.6 is 0 Å². The molecule has 1 rings (SSSR count). The number of benzene rings is 1. The summed E-state index contributed by atoms with van der Waals surface area (Å²) in [5, 5.41) is 10.7. The molecule has 0 saturated carbocycles. The van der Waals surface area contributed by atoms with Gasteiger partial charge in [0.1, 0.15) is 5.82 Å². The van der Waals surface area contributed by atoms with Crippen molar-refractivity contribution in [3.8, 4) is 0 Å². The number of carbonyl (C=O) groups excluding carboxylic acids is 2. The minimum absolute atomic E-state index is 0.154.